The second-order valence-electron chi connectivity index (χ2n) is 5.60. The Morgan fingerprint density at radius 2 is 2.08 bits per heavy atom. The number of hydrogen-bond donors (Lipinski definition) is 1. The monoisotopic (exact) mass is 365 g/mol. The number of aromatic amines is 1. The summed E-state index contributed by atoms with van der Waals surface area (Å²) in [4.78, 5) is 18.9. The van der Waals surface area contributed by atoms with Gasteiger partial charge in [0.2, 0.25) is 5.88 Å². The molecule has 26 heavy (non-hydrogen) atoms. The Balaban J connectivity index is 1.62. The third-order valence-corrected chi connectivity index (χ3v) is 4.82. The first kappa shape index (κ1) is 16.3. The molecule has 0 bridgehead atoms. The predicted octanol–water partition coefficient (Wildman–Crippen LogP) is 2.72. The van der Waals surface area contributed by atoms with Gasteiger partial charge in [0, 0.05) is 33.6 Å². The first-order chi connectivity index (χ1) is 12.7. The number of H-pyrrole nitrogens is 1. The van der Waals surface area contributed by atoms with Crippen molar-refractivity contribution in [1.82, 2.24) is 25.0 Å². The molecule has 0 aliphatic heterocycles. The van der Waals surface area contributed by atoms with Gasteiger partial charge < -0.3 is 4.74 Å². The smallest absolute Gasteiger partial charge is 0.274 e. The maximum atomic E-state index is 12.7. The summed E-state index contributed by atoms with van der Waals surface area (Å²) in [7, 11) is 1.57. The van der Waals surface area contributed by atoms with Crippen molar-refractivity contribution in [3.63, 3.8) is 0 Å². The summed E-state index contributed by atoms with van der Waals surface area (Å²) >= 11 is 1.57. The molecule has 3 heterocycles. The Bertz CT molecular complexity index is 1090. The Labute approximate surface area is 153 Å². The van der Waals surface area contributed by atoms with Crippen LogP contribution in [0, 0.1) is 0 Å². The van der Waals surface area contributed by atoms with E-state index in [1.807, 2.05) is 30.5 Å². The van der Waals surface area contributed by atoms with Crippen LogP contribution in [0.1, 0.15) is 5.56 Å². The number of nitrogens with zero attached hydrogens (tertiary/aromatic N) is 4. The maximum absolute atomic E-state index is 12.7. The summed E-state index contributed by atoms with van der Waals surface area (Å²) in [5.41, 5.74) is 0.755. The number of pyridine rings is 1. The van der Waals surface area contributed by atoms with E-state index >= 15 is 0 Å². The molecule has 0 saturated carbocycles. The van der Waals surface area contributed by atoms with Crippen molar-refractivity contribution in [3.05, 3.63) is 71.0 Å². The van der Waals surface area contributed by atoms with Crippen molar-refractivity contribution < 1.29 is 4.74 Å². The van der Waals surface area contributed by atoms with Crippen molar-refractivity contribution in [2.45, 2.75) is 16.3 Å². The molecule has 0 aliphatic carbocycles. The number of rotatable bonds is 5. The zero-order valence-electron chi connectivity index (χ0n) is 13.9. The first-order valence-corrected chi connectivity index (χ1v) is 8.70. The SMILES string of the molecule is COc1ccc(Cn2ncc3cc(Sc4cn[nH]c4)ccc3c2=O)cn1. The van der Waals surface area contributed by atoms with Gasteiger partial charge in [-0.25, -0.2) is 9.67 Å². The largest absolute Gasteiger partial charge is 0.481 e. The first-order valence-electron chi connectivity index (χ1n) is 7.88. The van der Waals surface area contributed by atoms with Gasteiger partial charge in [0.15, 0.2) is 0 Å². The van der Waals surface area contributed by atoms with Crippen LogP contribution in [0.25, 0.3) is 10.8 Å². The molecule has 3 aromatic heterocycles. The zero-order chi connectivity index (χ0) is 17.9. The van der Waals surface area contributed by atoms with Crippen LogP contribution in [0.2, 0.25) is 0 Å². The Kier molecular flexibility index (Phi) is 4.40. The fraction of sp³-hybridized carbons (Fsp3) is 0.111. The molecule has 0 amide bonds. The molecule has 1 N–H and O–H groups in total. The highest BCUT2D eigenvalue weighted by Crippen LogP contribution is 2.28. The lowest BCUT2D eigenvalue weighted by atomic mass is 10.2. The highest BCUT2D eigenvalue weighted by molar-refractivity contribution is 7.99. The van der Waals surface area contributed by atoms with E-state index in [0.29, 0.717) is 17.8 Å². The summed E-state index contributed by atoms with van der Waals surface area (Å²) in [5, 5.41) is 12.5. The highest BCUT2D eigenvalue weighted by atomic mass is 32.2. The van der Waals surface area contributed by atoms with Crippen molar-refractivity contribution >= 4 is 22.5 Å². The number of hydrogen-bond acceptors (Lipinski definition) is 6. The van der Waals surface area contributed by atoms with Crippen molar-refractivity contribution in [2.24, 2.45) is 0 Å². The van der Waals surface area contributed by atoms with E-state index < -0.39 is 0 Å². The van der Waals surface area contributed by atoms with Crippen LogP contribution >= 0.6 is 11.8 Å². The summed E-state index contributed by atoms with van der Waals surface area (Å²) < 4.78 is 6.49. The molecule has 0 unspecified atom stereocenters. The average molecular weight is 365 g/mol. The lowest BCUT2D eigenvalue weighted by Crippen LogP contribution is -2.23. The van der Waals surface area contributed by atoms with Crippen LogP contribution in [0.4, 0.5) is 0 Å². The van der Waals surface area contributed by atoms with Gasteiger partial charge in [0.1, 0.15) is 0 Å². The van der Waals surface area contributed by atoms with Crippen molar-refractivity contribution in [1.29, 1.82) is 0 Å². The van der Waals surface area contributed by atoms with Gasteiger partial charge in [-0.05, 0) is 23.8 Å². The normalized spacial score (nSPS) is 11.0. The van der Waals surface area contributed by atoms with E-state index in [0.717, 1.165) is 20.7 Å². The van der Waals surface area contributed by atoms with Crippen LogP contribution in [0.15, 0.2) is 69.7 Å². The molecule has 0 radical (unpaired) electrons. The quantitative estimate of drug-likeness (QED) is 0.585. The lowest BCUT2D eigenvalue weighted by molar-refractivity contribution is 0.397. The molecule has 130 valence electrons. The standard InChI is InChI=1S/C18H15N5O2S/c1-25-17-5-2-12(7-19-17)11-23-18(24)16-4-3-14(6-13(16)8-22-23)26-15-9-20-21-10-15/h2-10H,11H2,1H3,(H,20,21). The summed E-state index contributed by atoms with van der Waals surface area (Å²) in [5.74, 6) is 0.537. The second-order valence-corrected chi connectivity index (χ2v) is 6.75. The summed E-state index contributed by atoms with van der Waals surface area (Å²) in [6, 6.07) is 9.36. The van der Waals surface area contributed by atoms with Gasteiger partial charge in [0.25, 0.3) is 5.56 Å². The molecule has 7 nitrogen and oxygen atoms in total. The van der Waals surface area contributed by atoms with Gasteiger partial charge >= 0.3 is 0 Å². The number of benzene rings is 1. The molecule has 0 saturated heterocycles. The van der Waals surface area contributed by atoms with Crippen LogP contribution in [-0.2, 0) is 6.54 Å². The van der Waals surface area contributed by atoms with Gasteiger partial charge in [-0.15, -0.1) is 0 Å². The third kappa shape index (κ3) is 3.31. The fourth-order valence-electron chi connectivity index (χ4n) is 2.57. The maximum Gasteiger partial charge on any atom is 0.274 e. The van der Waals surface area contributed by atoms with Crippen LogP contribution in [0.3, 0.4) is 0 Å². The number of nitrogens with one attached hydrogen (secondary N) is 1. The predicted molar refractivity (Wildman–Crippen MR) is 98.6 cm³/mol. The van der Waals surface area contributed by atoms with Gasteiger partial charge in [-0.2, -0.15) is 10.2 Å². The highest BCUT2D eigenvalue weighted by Gasteiger charge is 2.07. The number of aromatic nitrogens is 5. The third-order valence-electron chi connectivity index (χ3n) is 3.87. The van der Waals surface area contributed by atoms with Crippen LogP contribution in [-0.4, -0.2) is 32.1 Å². The van der Waals surface area contributed by atoms with E-state index in [4.69, 9.17) is 4.74 Å². The summed E-state index contributed by atoms with van der Waals surface area (Å²) in [6.07, 6.45) is 6.98. The van der Waals surface area contributed by atoms with Crippen LogP contribution in [0.5, 0.6) is 5.88 Å². The molecule has 1 aromatic carbocycles. The number of ether oxygens (including phenoxy) is 1. The van der Waals surface area contributed by atoms with Gasteiger partial charge in [-0.3, -0.25) is 9.89 Å². The molecule has 0 spiro atoms. The van der Waals surface area contributed by atoms with E-state index in [2.05, 4.69) is 20.3 Å². The van der Waals surface area contributed by atoms with E-state index in [1.54, 1.807) is 43.5 Å². The zero-order valence-corrected chi connectivity index (χ0v) is 14.7. The van der Waals surface area contributed by atoms with E-state index in [1.165, 1.54) is 4.68 Å². The molecule has 4 aromatic rings. The van der Waals surface area contributed by atoms with E-state index in [-0.39, 0.29) is 5.56 Å². The summed E-state index contributed by atoms with van der Waals surface area (Å²) in [6.45, 7) is 0.358. The Morgan fingerprint density at radius 3 is 2.81 bits per heavy atom. The molecule has 4 rings (SSSR count). The topological polar surface area (TPSA) is 85.7 Å². The number of fused-ring (bicyclic) bond motifs is 1. The minimum atomic E-state index is -0.127. The Morgan fingerprint density at radius 1 is 1.15 bits per heavy atom. The number of methoxy groups -OCH3 is 1. The molecule has 0 fully saturated rings. The van der Waals surface area contributed by atoms with Crippen molar-refractivity contribution in [2.75, 3.05) is 7.11 Å². The Hall–Kier alpha value is -3.13. The van der Waals surface area contributed by atoms with Gasteiger partial charge in [-0.1, -0.05) is 17.8 Å². The van der Waals surface area contributed by atoms with Crippen LogP contribution < -0.4 is 10.3 Å². The molecule has 0 aliphatic rings. The average Bonchev–Trinajstić information content (AvgIpc) is 3.18. The molecule has 0 atom stereocenters. The lowest BCUT2D eigenvalue weighted by Gasteiger charge is -2.07. The minimum absolute atomic E-state index is 0.127. The minimum Gasteiger partial charge on any atom is -0.481 e. The van der Waals surface area contributed by atoms with Gasteiger partial charge in [0.05, 0.1) is 31.4 Å². The van der Waals surface area contributed by atoms with E-state index in [9.17, 15) is 4.79 Å². The molecular formula is C18H15N5O2S. The molecular weight excluding hydrogens is 350 g/mol. The molecule has 8 heteroatoms. The van der Waals surface area contributed by atoms with Crippen molar-refractivity contribution in [3.8, 4) is 5.88 Å². The fourth-order valence-corrected chi connectivity index (χ4v) is 3.38. The second kappa shape index (κ2) is 7.01.